The van der Waals surface area contributed by atoms with Gasteiger partial charge in [0.05, 0.1) is 19.1 Å². The molecule has 0 fully saturated rings. The van der Waals surface area contributed by atoms with Gasteiger partial charge in [-0.05, 0) is 19.1 Å². The van der Waals surface area contributed by atoms with Gasteiger partial charge in [0.2, 0.25) is 10.0 Å². The number of sulfonamides is 1. The number of aliphatic carboxylic acids is 1. The average molecular weight is 273 g/mol. The molecule has 0 unspecified atom stereocenters. The maximum absolute atomic E-state index is 11.8. The van der Waals surface area contributed by atoms with E-state index in [9.17, 15) is 13.2 Å². The van der Waals surface area contributed by atoms with E-state index in [2.05, 4.69) is 0 Å². The second kappa shape index (κ2) is 5.26. The van der Waals surface area contributed by atoms with E-state index in [1.165, 1.54) is 20.1 Å². The van der Waals surface area contributed by atoms with Gasteiger partial charge in [-0.15, -0.1) is 0 Å². The SMILES string of the molecule is COc1ccccc1N([C@@H](C)C(=O)O)S(C)(=O)=O. The average Bonchev–Trinajstić information content (AvgIpc) is 2.27. The lowest BCUT2D eigenvalue weighted by Gasteiger charge is -2.27. The number of rotatable bonds is 5. The topological polar surface area (TPSA) is 83.9 Å². The lowest BCUT2D eigenvalue weighted by Crippen LogP contribution is -2.43. The first-order chi connectivity index (χ1) is 8.29. The van der Waals surface area contributed by atoms with Crippen LogP contribution in [0.15, 0.2) is 24.3 Å². The zero-order valence-electron chi connectivity index (χ0n) is 10.3. The largest absolute Gasteiger partial charge is 0.495 e. The standard InChI is InChI=1S/C11H15NO5S/c1-8(11(13)14)12(18(3,15)16)9-6-4-5-7-10(9)17-2/h4-8H,1-3H3,(H,13,14)/t8-/m0/s1. The molecule has 1 aromatic carbocycles. The number of carboxylic acids is 1. The minimum atomic E-state index is -3.72. The Morgan fingerprint density at radius 2 is 1.94 bits per heavy atom. The van der Waals surface area contributed by atoms with E-state index in [1.54, 1.807) is 18.2 Å². The zero-order chi connectivity index (χ0) is 13.9. The number of anilines is 1. The summed E-state index contributed by atoms with van der Waals surface area (Å²) in [6.45, 7) is 1.30. The van der Waals surface area contributed by atoms with Crippen LogP contribution in [0.4, 0.5) is 5.69 Å². The molecule has 0 saturated carbocycles. The summed E-state index contributed by atoms with van der Waals surface area (Å²) in [5.41, 5.74) is 0.206. The van der Waals surface area contributed by atoms with Gasteiger partial charge in [0.1, 0.15) is 11.8 Å². The lowest BCUT2D eigenvalue weighted by molar-refractivity contribution is -0.137. The number of carboxylic acid groups (broad SMARTS) is 1. The summed E-state index contributed by atoms with van der Waals surface area (Å²) in [6, 6.07) is 5.15. The van der Waals surface area contributed by atoms with Gasteiger partial charge in [-0.25, -0.2) is 13.2 Å². The first kappa shape index (κ1) is 14.3. The van der Waals surface area contributed by atoms with E-state index in [1.807, 2.05) is 0 Å². The van der Waals surface area contributed by atoms with Crippen molar-refractivity contribution < 1.29 is 23.1 Å². The quantitative estimate of drug-likeness (QED) is 0.863. The van der Waals surface area contributed by atoms with E-state index < -0.39 is 22.0 Å². The predicted octanol–water partition coefficient (Wildman–Crippen LogP) is 0.934. The van der Waals surface area contributed by atoms with Crippen molar-refractivity contribution >= 4 is 21.7 Å². The molecule has 0 amide bonds. The Hall–Kier alpha value is -1.76. The molecule has 6 nitrogen and oxygen atoms in total. The molecule has 0 aliphatic carbocycles. The first-order valence-corrected chi connectivity index (χ1v) is 6.99. The Kier molecular flexibility index (Phi) is 4.18. The molecule has 7 heteroatoms. The second-order valence-corrected chi connectivity index (χ2v) is 5.60. The predicted molar refractivity (Wildman–Crippen MR) is 67.4 cm³/mol. The molecular weight excluding hydrogens is 258 g/mol. The van der Waals surface area contributed by atoms with Crippen LogP contribution in [0, 0.1) is 0 Å². The van der Waals surface area contributed by atoms with Crippen molar-refractivity contribution in [2.45, 2.75) is 13.0 Å². The van der Waals surface area contributed by atoms with Crippen molar-refractivity contribution in [1.82, 2.24) is 0 Å². The smallest absolute Gasteiger partial charge is 0.327 e. The minimum absolute atomic E-state index is 0.206. The molecule has 1 atom stereocenters. The summed E-state index contributed by atoms with van der Waals surface area (Å²) in [7, 11) is -2.33. The third-order valence-corrected chi connectivity index (χ3v) is 3.62. The van der Waals surface area contributed by atoms with E-state index >= 15 is 0 Å². The van der Waals surface area contributed by atoms with Crippen LogP contribution in [0.1, 0.15) is 6.92 Å². The minimum Gasteiger partial charge on any atom is -0.495 e. The summed E-state index contributed by atoms with van der Waals surface area (Å²) in [4.78, 5) is 11.0. The molecule has 0 spiro atoms. The Morgan fingerprint density at radius 3 is 2.39 bits per heavy atom. The molecule has 1 rings (SSSR count). The Morgan fingerprint density at radius 1 is 1.39 bits per heavy atom. The third-order valence-electron chi connectivity index (χ3n) is 2.39. The highest BCUT2D eigenvalue weighted by atomic mass is 32.2. The van der Waals surface area contributed by atoms with Crippen molar-refractivity contribution in [3.63, 3.8) is 0 Å². The number of hydrogen-bond donors (Lipinski definition) is 1. The monoisotopic (exact) mass is 273 g/mol. The van der Waals surface area contributed by atoms with E-state index in [4.69, 9.17) is 9.84 Å². The number of methoxy groups -OCH3 is 1. The van der Waals surface area contributed by atoms with Crippen LogP contribution < -0.4 is 9.04 Å². The Labute approximate surface area is 106 Å². The molecule has 0 aliphatic heterocycles. The summed E-state index contributed by atoms with van der Waals surface area (Å²) in [5.74, 6) is -0.928. The number of benzene rings is 1. The van der Waals surface area contributed by atoms with Gasteiger partial charge < -0.3 is 9.84 Å². The summed E-state index contributed by atoms with van der Waals surface area (Å²) < 4.78 is 29.4. The fourth-order valence-electron chi connectivity index (χ4n) is 1.59. The van der Waals surface area contributed by atoms with Gasteiger partial charge in [-0.3, -0.25) is 4.31 Å². The maximum Gasteiger partial charge on any atom is 0.327 e. The highest BCUT2D eigenvalue weighted by Gasteiger charge is 2.30. The van der Waals surface area contributed by atoms with Gasteiger partial charge in [-0.2, -0.15) is 0 Å². The molecule has 0 heterocycles. The van der Waals surface area contributed by atoms with Gasteiger partial charge in [0, 0.05) is 0 Å². The van der Waals surface area contributed by atoms with Crippen molar-refractivity contribution in [3.8, 4) is 5.75 Å². The van der Waals surface area contributed by atoms with E-state index in [-0.39, 0.29) is 5.69 Å². The fourth-order valence-corrected chi connectivity index (χ4v) is 2.76. The van der Waals surface area contributed by atoms with Crippen LogP contribution in [-0.4, -0.2) is 38.9 Å². The molecule has 100 valence electrons. The van der Waals surface area contributed by atoms with Crippen LogP contribution >= 0.6 is 0 Å². The van der Waals surface area contributed by atoms with Crippen molar-refractivity contribution in [1.29, 1.82) is 0 Å². The number of para-hydroxylation sites is 2. The van der Waals surface area contributed by atoms with Crippen LogP contribution in [0.25, 0.3) is 0 Å². The van der Waals surface area contributed by atoms with Crippen molar-refractivity contribution in [2.75, 3.05) is 17.7 Å². The van der Waals surface area contributed by atoms with Crippen LogP contribution in [-0.2, 0) is 14.8 Å². The number of carbonyl (C=O) groups is 1. The molecule has 1 aromatic rings. The van der Waals surface area contributed by atoms with Crippen LogP contribution in [0.3, 0.4) is 0 Å². The van der Waals surface area contributed by atoms with Crippen molar-refractivity contribution in [2.24, 2.45) is 0 Å². The first-order valence-electron chi connectivity index (χ1n) is 5.14. The second-order valence-electron chi connectivity index (χ2n) is 3.74. The molecule has 0 bridgehead atoms. The highest BCUT2D eigenvalue weighted by Crippen LogP contribution is 2.31. The third kappa shape index (κ3) is 2.92. The van der Waals surface area contributed by atoms with Crippen molar-refractivity contribution in [3.05, 3.63) is 24.3 Å². The number of hydrogen-bond acceptors (Lipinski definition) is 4. The maximum atomic E-state index is 11.8. The zero-order valence-corrected chi connectivity index (χ0v) is 11.1. The summed E-state index contributed by atoms with van der Waals surface area (Å²) in [5, 5.41) is 8.99. The van der Waals surface area contributed by atoms with Gasteiger partial charge in [0.25, 0.3) is 0 Å². The number of nitrogens with zero attached hydrogens (tertiary/aromatic N) is 1. The molecule has 0 aromatic heterocycles. The molecular formula is C11H15NO5S. The van der Waals surface area contributed by atoms with E-state index in [0.717, 1.165) is 10.6 Å². The molecule has 0 radical (unpaired) electrons. The summed E-state index contributed by atoms with van der Waals surface area (Å²) >= 11 is 0. The van der Waals surface area contributed by atoms with Crippen LogP contribution in [0.5, 0.6) is 5.75 Å². The summed E-state index contributed by atoms with van der Waals surface area (Å²) in [6.07, 6.45) is 0.957. The van der Waals surface area contributed by atoms with Gasteiger partial charge in [0.15, 0.2) is 0 Å². The Bertz CT molecular complexity index is 540. The lowest BCUT2D eigenvalue weighted by atomic mass is 10.2. The van der Waals surface area contributed by atoms with Gasteiger partial charge >= 0.3 is 5.97 Å². The van der Waals surface area contributed by atoms with E-state index in [0.29, 0.717) is 5.75 Å². The van der Waals surface area contributed by atoms with Crippen LogP contribution in [0.2, 0.25) is 0 Å². The normalized spacial score (nSPS) is 12.8. The fraction of sp³-hybridized carbons (Fsp3) is 0.364. The molecule has 0 saturated heterocycles. The highest BCUT2D eigenvalue weighted by molar-refractivity contribution is 7.92. The molecule has 18 heavy (non-hydrogen) atoms. The molecule has 1 N–H and O–H groups in total. The molecule has 0 aliphatic rings. The van der Waals surface area contributed by atoms with Gasteiger partial charge in [-0.1, -0.05) is 12.1 Å². The Balaban J connectivity index is 3.40. The number of ether oxygens (including phenoxy) is 1.